The molecule has 0 aromatic heterocycles. The second-order valence-corrected chi connectivity index (χ2v) is 5.48. The number of nitrogens with one attached hydrogen (secondary N) is 1. The van der Waals surface area contributed by atoms with E-state index in [4.69, 9.17) is 0 Å². The van der Waals surface area contributed by atoms with E-state index in [1.807, 2.05) is 61.5 Å². The van der Waals surface area contributed by atoms with Crippen molar-refractivity contribution in [3.63, 3.8) is 0 Å². The van der Waals surface area contributed by atoms with Crippen LogP contribution in [-0.2, 0) is 10.3 Å². The molecule has 0 saturated heterocycles. The van der Waals surface area contributed by atoms with E-state index in [0.717, 1.165) is 15.7 Å². The average Bonchev–Trinajstić information content (AvgIpc) is 2.45. The van der Waals surface area contributed by atoms with E-state index >= 15 is 0 Å². The molecular formula is C16H16BrNO2. The predicted octanol–water partition coefficient (Wildman–Crippen LogP) is 4.25. The third-order valence-electron chi connectivity index (χ3n) is 3.34. The summed E-state index contributed by atoms with van der Waals surface area (Å²) in [6.07, 6.45) is 0.438. The van der Waals surface area contributed by atoms with Gasteiger partial charge in [-0.3, -0.25) is 0 Å². The lowest BCUT2D eigenvalue weighted by Crippen LogP contribution is -2.43. The Morgan fingerprint density at radius 3 is 2.45 bits per heavy atom. The van der Waals surface area contributed by atoms with Crippen molar-refractivity contribution in [1.29, 1.82) is 0 Å². The van der Waals surface area contributed by atoms with Gasteiger partial charge in [-0.2, -0.15) is 0 Å². The quantitative estimate of drug-likeness (QED) is 0.859. The largest absolute Gasteiger partial charge is 0.479 e. The van der Waals surface area contributed by atoms with Crippen LogP contribution in [0.3, 0.4) is 0 Å². The molecule has 2 rings (SSSR count). The van der Waals surface area contributed by atoms with Crippen LogP contribution in [0, 0.1) is 0 Å². The SMILES string of the molecule is CCC(Nc1ccccc1)(C(=O)O)c1cccc(Br)c1. The highest BCUT2D eigenvalue weighted by Gasteiger charge is 2.38. The Hall–Kier alpha value is -1.81. The molecule has 4 heteroatoms. The average molecular weight is 334 g/mol. The number of rotatable bonds is 5. The van der Waals surface area contributed by atoms with Gasteiger partial charge >= 0.3 is 5.97 Å². The van der Waals surface area contributed by atoms with Crippen LogP contribution < -0.4 is 5.32 Å². The van der Waals surface area contributed by atoms with Crippen molar-refractivity contribution in [3.05, 3.63) is 64.6 Å². The minimum absolute atomic E-state index is 0.438. The third-order valence-corrected chi connectivity index (χ3v) is 3.84. The maximum Gasteiger partial charge on any atom is 0.334 e. The second kappa shape index (κ2) is 6.09. The van der Waals surface area contributed by atoms with Crippen molar-refractivity contribution < 1.29 is 9.90 Å². The van der Waals surface area contributed by atoms with E-state index < -0.39 is 11.5 Å². The molecule has 0 spiro atoms. The Kier molecular flexibility index (Phi) is 4.45. The molecule has 0 heterocycles. The van der Waals surface area contributed by atoms with Crippen molar-refractivity contribution in [1.82, 2.24) is 0 Å². The number of hydrogen-bond donors (Lipinski definition) is 2. The number of halogens is 1. The van der Waals surface area contributed by atoms with Crippen LogP contribution in [0.1, 0.15) is 18.9 Å². The molecule has 0 bridgehead atoms. The summed E-state index contributed by atoms with van der Waals surface area (Å²) < 4.78 is 0.865. The fourth-order valence-corrected chi connectivity index (χ4v) is 2.61. The first-order chi connectivity index (χ1) is 9.58. The lowest BCUT2D eigenvalue weighted by atomic mass is 9.87. The van der Waals surface area contributed by atoms with Gasteiger partial charge in [0, 0.05) is 10.2 Å². The molecular weight excluding hydrogens is 318 g/mol. The monoisotopic (exact) mass is 333 g/mol. The molecule has 0 radical (unpaired) electrons. The van der Waals surface area contributed by atoms with Crippen molar-refractivity contribution in [2.75, 3.05) is 5.32 Å². The lowest BCUT2D eigenvalue weighted by Gasteiger charge is -2.31. The molecule has 20 heavy (non-hydrogen) atoms. The summed E-state index contributed by atoms with van der Waals surface area (Å²) in [4.78, 5) is 11.9. The van der Waals surface area contributed by atoms with E-state index in [1.54, 1.807) is 0 Å². The molecule has 2 N–H and O–H groups in total. The van der Waals surface area contributed by atoms with E-state index in [1.165, 1.54) is 0 Å². The number of carboxylic acid groups (broad SMARTS) is 1. The summed E-state index contributed by atoms with van der Waals surface area (Å²) in [5.74, 6) is -0.887. The first-order valence-electron chi connectivity index (χ1n) is 6.41. The van der Waals surface area contributed by atoms with Gasteiger partial charge < -0.3 is 10.4 Å². The first kappa shape index (κ1) is 14.6. The molecule has 1 atom stereocenters. The van der Waals surface area contributed by atoms with Crippen LogP contribution in [-0.4, -0.2) is 11.1 Å². The second-order valence-electron chi connectivity index (χ2n) is 4.57. The molecule has 2 aromatic rings. The number of aliphatic carboxylic acids is 1. The van der Waals surface area contributed by atoms with Crippen molar-refractivity contribution in [3.8, 4) is 0 Å². The Balaban J connectivity index is 2.48. The van der Waals surface area contributed by atoms with E-state index in [-0.39, 0.29) is 0 Å². The van der Waals surface area contributed by atoms with Crippen molar-refractivity contribution in [2.45, 2.75) is 18.9 Å². The summed E-state index contributed by atoms with van der Waals surface area (Å²) in [6, 6.07) is 16.8. The minimum Gasteiger partial charge on any atom is -0.479 e. The van der Waals surface area contributed by atoms with Gasteiger partial charge in [-0.1, -0.05) is 53.2 Å². The molecule has 1 unspecified atom stereocenters. The smallest absolute Gasteiger partial charge is 0.334 e. The number of carboxylic acids is 1. The maximum absolute atomic E-state index is 11.9. The van der Waals surface area contributed by atoms with Gasteiger partial charge in [0.15, 0.2) is 5.54 Å². The van der Waals surface area contributed by atoms with Crippen LogP contribution in [0.2, 0.25) is 0 Å². The van der Waals surface area contributed by atoms with Crippen LogP contribution in [0.4, 0.5) is 5.69 Å². The van der Waals surface area contributed by atoms with Gasteiger partial charge in [0.2, 0.25) is 0 Å². The zero-order valence-corrected chi connectivity index (χ0v) is 12.7. The van der Waals surface area contributed by atoms with E-state index in [0.29, 0.717) is 6.42 Å². The zero-order chi connectivity index (χ0) is 14.6. The number of benzene rings is 2. The number of hydrogen-bond acceptors (Lipinski definition) is 2. The molecule has 3 nitrogen and oxygen atoms in total. The molecule has 0 aliphatic heterocycles. The van der Waals surface area contributed by atoms with E-state index in [2.05, 4.69) is 21.2 Å². The summed E-state index contributed by atoms with van der Waals surface area (Å²) >= 11 is 3.40. The first-order valence-corrected chi connectivity index (χ1v) is 7.20. The normalized spacial score (nSPS) is 13.5. The highest BCUT2D eigenvalue weighted by atomic mass is 79.9. The third kappa shape index (κ3) is 2.85. The van der Waals surface area contributed by atoms with Gasteiger partial charge in [0.05, 0.1) is 0 Å². The molecule has 0 aliphatic carbocycles. The summed E-state index contributed by atoms with van der Waals surface area (Å²) in [5.41, 5.74) is 0.382. The summed E-state index contributed by atoms with van der Waals surface area (Å²) in [7, 11) is 0. The van der Waals surface area contributed by atoms with Gasteiger partial charge in [0.25, 0.3) is 0 Å². The van der Waals surface area contributed by atoms with Crippen LogP contribution in [0.5, 0.6) is 0 Å². The van der Waals surface area contributed by atoms with Crippen molar-refractivity contribution in [2.24, 2.45) is 0 Å². The van der Waals surface area contributed by atoms with Crippen LogP contribution >= 0.6 is 15.9 Å². The van der Waals surface area contributed by atoms with E-state index in [9.17, 15) is 9.90 Å². The number of para-hydroxylation sites is 1. The lowest BCUT2D eigenvalue weighted by molar-refractivity contribution is -0.142. The predicted molar refractivity (Wildman–Crippen MR) is 83.8 cm³/mol. The zero-order valence-electron chi connectivity index (χ0n) is 11.1. The Morgan fingerprint density at radius 2 is 1.90 bits per heavy atom. The summed E-state index contributed by atoms with van der Waals surface area (Å²) in [6.45, 7) is 1.87. The fraction of sp³-hybridized carbons (Fsp3) is 0.188. The Labute approximate surface area is 126 Å². The fourth-order valence-electron chi connectivity index (χ4n) is 2.21. The highest BCUT2D eigenvalue weighted by Crippen LogP contribution is 2.31. The molecule has 0 aliphatic rings. The summed E-state index contributed by atoms with van der Waals surface area (Å²) in [5, 5.41) is 12.9. The van der Waals surface area contributed by atoms with Gasteiger partial charge in [-0.15, -0.1) is 0 Å². The van der Waals surface area contributed by atoms with Gasteiger partial charge in [0.1, 0.15) is 0 Å². The topological polar surface area (TPSA) is 49.3 Å². The van der Waals surface area contributed by atoms with Crippen LogP contribution in [0.15, 0.2) is 59.1 Å². The molecule has 104 valence electrons. The number of anilines is 1. The van der Waals surface area contributed by atoms with Crippen molar-refractivity contribution >= 4 is 27.6 Å². The molecule has 0 amide bonds. The molecule has 0 saturated carbocycles. The Morgan fingerprint density at radius 1 is 1.20 bits per heavy atom. The Bertz CT molecular complexity index is 600. The van der Waals surface area contributed by atoms with Crippen LogP contribution in [0.25, 0.3) is 0 Å². The van der Waals surface area contributed by atoms with Gasteiger partial charge in [-0.05, 0) is 36.2 Å². The minimum atomic E-state index is -1.13. The molecule has 2 aromatic carbocycles. The molecule has 0 fully saturated rings. The van der Waals surface area contributed by atoms with Gasteiger partial charge in [-0.25, -0.2) is 4.79 Å². The highest BCUT2D eigenvalue weighted by molar-refractivity contribution is 9.10. The standard InChI is InChI=1S/C16H16BrNO2/c1-2-16(15(19)20,12-7-6-8-13(17)11-12)18-14-9-4-3-5-10-14/h3-11,18H,2H2,1H3,(H,19,20). The maximum atomic E-state index is 11.9. The number of carbonyl (C=O) groups is 1.